The molecular weight excluding hydrogens is 276 g/mol. The van der Waals surface area contributed by atoms with Crippen molar-refractivity contribution in [3.63, 3.8) is 0 Å². The zero-order valence-electron chi connectivity index (χ0n) is 11.4. The van der Waals surface area contributed by atoms with Gasteiger partial charge in [0.1, 0.15) is 0 Å². The molecule has 20 heavy (non-hydrogen) atoms. The lowest BCUT2D eigenvalue weighted by molar-refractivity contribution is -0.140. The minimum atomic E-state index is -0.938. The first-order chi connectivity index (χ1) is 9.45. The van der Waals surface area contributed by atoms with Crippen molar-refractivity contribution < 1.29 is 15.0 Å². The molecule has 0 aliphatic carbocycles. The van der Waals surface area contributed by atoms with Crippen molar-refractivity contribution >= 4 is 23.3 Å². The fraction of sp³-hybridized carbons (Fsp3) is 0.429. The zero-order chi connectivity index (χ0) is 15.0. The molecule has 5 nitrogen and oxygen atoms in total. The Morgan fingerprint density at radius 3 is 2.50 bits per heavy atom. The van der Waals surface area contributed by atoms with E-state index in [1.54, 1.807) is 6.92 Å². The monoisotopic (exact) mass is 296 g/mol. The van der Waals surface area contributed by atoms with Crippen LogP contribution in [0.3, 0.4) is 0 Å². The lowest BCUT2D eigenvalue weighted by Crippen LogP contribution is -2.43. The summed E-state index contributed by atoms with van der Waals surface area (Å²) in [5.41, 5.74) is 0.372. The summed E-state index contributed by atoms with van der Waals surface area (Å²) in [6.45, 7) is 2.39. The van der Waals surface area contributed by atoms with Gasteiger partial charge in [-0.1, -0.05) is 37.3 Å². The average Bonchev–Trinajstić information content (AvgIpc) is 2.43. The fourth-order valence-electron chi connectivity index (χ4n) is 1.67. The van der Waals surface area contributed by atoms with Gasteiger partial charge in [0.05, 0.1) is 13.0 Å². The van der Waals surface area contributed by atoms with Crippen molar-refractivity contribution in [1.29, 1.82) is 0 Å². The van der Waals surface area contributed by atoms with E-state index in [1.807, 2.05) is 30.3 Å². The third-order valence-electron chi connectivity index (χ3n) is 2.93. The molecule has 0 heterocycles. The largest absolute Gasteiger partial charge is 0.481 e. The van der Waals surface area contributed by atoms with E-state index in [1.165, 1.54) is 0 Å². The first kappa shape index (κ1) is 16.4. The summed E-state index contributed by atoms with van der Waals surface area (Å²) < 4.78 is 0. The van der Waals surface area contributed by atoms with Crippen molar-refractivity contribution in [3.8, 4) is 0 Å². The van der Waals surface area contributed by atoms with Gasteiger partial charge in [0.15, 0.2) is 5.11 Å². The molecule has 1 rings (SSSR count). The van der Waals surface area contributed by atoms with Crippen LogP contribution >= 0.6 is 12.2 Å². The van der Waals surface area contributed by atoms with Gasteiger partial charge in [-0.15, -0.1) is 0 Å². The summed E-state index contributed by atoms with van der Waals surface area (Å²) in [7, 11) is 0. The fourth-order valence-corrected chi connectivity index (χ4v) is 1.82. The molecule has 110 valence electrons. The highest BCUT2D eigenvalue weighted by Gasteiger charge is 2.26. The third kappa shape index (κ3) is 5.99. The number of carboxylic acid groups (broad SMARTS) is 1. The van der Waals surface area contributed by atoms with Crippen LogP contribution < -0.4 is 10.6 Å². The number of carbonyl (C=O) groups is 1. The summed E-state index contributed by atoms with van der Waals surface area (Å²) in [5, 5.41) is 24.5. The predicted molar refractivity (Wildman–Crippen MR) is 81.3 cm³/mol. The van der Waals surface area contributed by atoms with Crippen LogP contribution in [0.2, 0.25) is 0 Å². The van der Waals surface area contributed by atoms with Gasteiger partial charge < -0.3 is 20.8 Å². The molecular formula is C14H20N2O3S. The van der Waals surface area contributed by atoms with Gasteiger partial charge in [-0.05, 0) is 17.8 Å². The molecule has 0 saturated heterocycles. The average molecular weight is 296 g/mol. The van der Waals surface area contributed by atoms with E-state index in [2.05, 4.69) is 10.6 Å². The van der Waals surface area contributed by atoms with Crippen LogP contribution in [0.15, 0.2) is 30.3 Å². The molecule has 1 aromatic rings. The molecule has 0 bridgehead atoms. The number of aliphatic hydroxyl groups excluding tert-OH is 1. The van der Waals surface area contributed by atoms with Gasteiger partial charge in [-0.2, -0.15) is 0 Å². The Hall–Kier alpha value is -1.66. The molecule has 1 atom stereocenters. The zero-order valence-corrected chi connectivity index (χ0v) is 12.2. The van der Waals surface area contributed by atoms with E-state index in [4.69, 9.17) is 17.3 Å². The third-order valence-corrected chi connectivity index (χ3v) is 3.22. The van der Waals surface area contributed by atoms with E-state index < -0.39 is 11.4 Å². The lowest BCUT2D eigenvalue weighted by Gasteiger charge is -2.26. The molecule has 0 saturated carbocycles. The molecule has 0 amide bonds. The van der Waals surface area contributed by atoms with E-state index >= 15 is 0 Å². The topological polar surface area (TPSA) is 81.6 Å². The number of benzene rings is 1. The molecule has 0 aromatic heterocycles. The maximum Gasteiger partial charge on any atom is 0.304 e. The van der Waals surface area contributed by atoms with Crippen molar-refractivity contribution in [1.82, 2.24) is 10.6 Å². The van der Waals surface area contributed by atoms with Gasteiger partial charge in [0.2, 0.25) is 0 Å². The van der Waals surface area contributed by atoms with Gasteiger partial charge >= 0.3 is 5.97 Å². The second-order valence-electron chi connectivity index (χ2n) is 5.06. The molecule has 0 aliphatic rings. The SMILES string of the molecule is CC(CO)(CNC(=S)NCc1ccccc1)CC(=O)O. The van der Waals surface area contributed by atoms with Gasteiger partial charge in [0.25, 0.3) is 0 Å². The second kappa shape index (κ2) is 7.81. The Balaban J connectivity index is 2.37. The summed E-state index contributed by atoms with van der Waals surface area (Å²) in [4.78, 5) is 10.7. The van der Waals surface area contributed by atoms with Crippen LogP contribution in [0.4, 0.5) is 0 Å². The molecule has 0 aliphatic heterocycles. The van der Waals surface area contributed by atoms with Gasteiger partial charge in [-0.3, -0.25) is 4.79 Å². The Bertz CT molecular complexity index is 453. The normalized spacial score (nSPS) is 13.3. The first-order valence-electron chi connectivity index (χ1n) is 6.33. The number of aliphatic hydroxyl groups is 1. The first-order valence-corrected chi connectivity index (χ1v) is 6.74. The molecule has 0 fully saturated rings. The van der Waals surface area contributed by atoms with Crippen molar-refractivity contribution in [2.45, 2.75) is 19.9 Å². The highest BCUT2D eigenvalue weighted by atomic mass is 32.1. The van der Waals surface area contributed by atoms with Crippen molar-refractivity contribution in [2.75, 3.05) is 13.2 Å². The number of hydrogen-bond acceptors (Lipinski definition) is 3. The number of carboxylic acids is 1. The van der Waals surface area contributed by atoms with Crippen LogP contribution in [-0.4, -0.2) is 34.4 Å². The number of hydrogen-bond donors (Lipinski definition) is 4. The number of thiocarbonyl (C=S) groups is 1. The van der Waals surface area contributed by atoms with Crippen LogP contribution in [0.5, 0.6) is 0 Å². The highest BCUT2D eigenvalue weighted by molar-refractivity contribution is 7.80. The number of nitrogens with one attached hydrogen (secondary N) is 2. The van der Waals surface area contributed by atoms with E-state index in [9.17, 15) is 9.90 Å². The van der Waals surface area contributed by atoms with E-state index in [0.29, 0.717) is 18.2 Å². The highest BCUT2D eigenvalue weighted by Crippen LogP contribution is 2.19. The number of rotatable bonds is 7. The minimum Gasteiger partial charge on any atom is -0.481 e. The molecule has 0 spiro atoms. The molecule has 0 radical (unpaired) electrons. The minimum absolute atomic E-state index is 0.113. The standard InChI is InChI=1S/C14H20N2O3S/c1-14(10-17,7-12(18)19)9-16-13(20)15-8-11-5-3-2-4-6-11/h2-6,17H,7-10H2,1H3,(H,18,19)(H2,15,16,20). The molecule has 1 aromatic carbocycles. The molecule has 6 heteroatoms. The lowest BCUT2D eigenvalue weighted by atomic mass is 9.88. The van der Waals surface area contributed by atoms with Crippen LogP contribution in [0.1, 0.15) is 18.9 Å². The Morgan fingerprint density at radius 2 is 1.95 bits per heavy atom. The van der Waals surface area contributed by atoms with Crippen LogP contribution in [0.25, 0.3) is 0 Å². The van der Waals surface area contributed by atoms with Crippen molar-refractivity contribution in [3.05, 3.63) is 35.9 Å². The van der Waals surface area contributed by atoms with Crippen molar-refractivity contribution in [2.24, 2.45) is 5.41 Å². The maximum absolute atomic E-state index is 10.7. The summed E-state index contributed by atoms with van der Waals surface area (Å²) in [6.07, 6.45) is -0.113. The summed E-state index contributed by atoms with van der Waals surface area (Å²) >= 11 is 5.13. The van der Waals surface area contributed by atoms with Crippen LogP contribution in [-0.2, 0) is 11.3 Å². The summed E-state index contributed by atoms with van der Waals surface area (Å²) in [6, 6.07) is 9.81. The maximum atomic E-state index is 10.7. The Kier molecular flexibility index (Phi) is 6.41. The summed E-state index contributed by atoms with van der Waals surface area (Å²) in [5.74, 6) is -0.938. The second-order valence-corrected chi connectivity index (χ2v) is 5.47. The van der Waals surface area contributed by atoms with E-state index in [0.717, 1.165) is 5.56 Å². The molecule has 1 unspecified atom stereocenters. The van der Waals surface area contributed by atoms with Gasteiger partial charge in [0, 0.05) is 18.5 Å². The van der Waals surface area contributed by atoms with E-state index in [-0.39, 0.29) is 13.0 Å². The van der Waals surface area contributed by atoms with Gasteiger partial charge in [-0.25, -0.2) is 0 Å². The quantitative estimate of drug-likeness (QED) is 0.565. The Morgan fingerprint density at radius 1 is 1.30 bits per heavy atom. The smallest absolute Gasteiger partial charge is 0.304 e. The number of aliphatic carboxylic acids is 1. The van der Waals surface area contributed by atoms with Crippen LogP contribution in [0, 0.1) is 5.41 Å². The Labute approximate surface area is 124 Å². The predicted octanol–water partition coefficient (Wildman–Crippen LogP) is 1.12. The molecule has 4 N–H and O–H groups in total.